The number of likely N-dealkylation sites (N-methyl/N-ethyl adjacent to an activating group) is 2. The van der Waals surface area contributed by atoms with Crippen molar-refractivity contribution in [2.75, 3.05) is 20.7 Å². The fourth-order valence-electron chi connectivity index (χ4n) is 3.21. The highest BCUT2D eigenvalue weighted by Crippen LogP contribution is 2.24. The molecule has 1 fully saturated rings. The summed E-state index contributed by atoms with van der Waals surface area (Å²) in [5.41, 5.74) is -0.640. The van der Waals surface area contributed by atoms with Gasteiger partial charge in [0.05, 0.1) is 0 Å². The molecule has 0 spiro atoms. The number of esters is 5. The molecule has 1 saturated heterocycles. The van der Waals surface area contributed by atoms with Crippen LogP contribution in [0.2, 0.25) is 0 Å². The van der Waals surface area contributed by atoms with Crippen molar-refractivity contribution < 1.29 is 62.0 Å². The molecule has 0 aromatic rings. The highest BCUT2D eigenvalue weighted by atomic mass is 16.6. The zero-order valence-corrected chi connectivity index (χ0v) is 21.3. The van der Waals surface area contributed by atoms with Crippen LogP contribution in [0.5, 0.6) is 0 Å². The molecule has 0 aromatic carbocycles. The number of rotatable bonds is 10. The Bertz CT molecular complexity index is 992. The molecule has 0 radical (unpaired) electrons. The molecule has 1 heterocycles. The number of nitrogens with zero attached hydrogens (tertiary/aromatic N) is 2. The van der Waals surface area contributed by atoms with E-state index < -0.39 is 84.3 Å². The standard InChI is InChI=1S/C22H28N2O13/c1-10(25)33-9-17(35-12(3)27)19(37-14(5)29)18(36-13(4)28)16(34-11(2)26)8-15-20(30)23(6)22(32)24(7)21(15)31/h8,16-19H,9H2,1-7H3/t16-,17+,18-,19-/m0/s1. The van der Waals surface area contributed by atoms with Crippen LogP contribution in [0.4, 0.5) is 4.79 Å². The van der Waals surface area contributed by atoms with Gasteiger partial charge in [0.25, 0.3) is 11.8 Å². The average Bonchev–Trinajstić information content (AvgIpc) is 2.77. The zero-order valence-electron chi connectivity index (χ0n) is 21.3. The second kappa shape index (κ2) is 13.1. The van der Waals surface area contributed by atoms with Crippen molar-refractivity contribution >= 4 is 47.7 Å². The summed E-state index contributed by atoms with van der Waals surface area (Å²) < 4.78 is 25.7. The van der Waals surface area contributed by atoms with Crippen molar-refractivity contribution in [1.29, 1.82) is 0 Å². The summed E-state index contributed by atoms with van der Waals surface area (Å²) in [4.78, 5) is 97.7. The van der Waals surface area contributed by atoms with Gasteiger partial charge < -0.3 is 23.7 Å². The highest BCUT2D eigenvalue weighted by Gasteiger charge is 2.45. The van der Waals surface area contributed by atoms with Crippen LogP contribution in [0.25, 0.3) is 0 Å². The second-order valence-corrected chi connectivity index (χ2v) is 7.76. The number of hydrogen-bond acceptors (Lipinski definition) is 13. The lowest BCUT2D eigenvalue weighted by Crippen LogP contribution is -2.55. The van der Waals surface area contributed by atoms with Gasteiger partial charge in [0.1, 0.15) is 12.2 Å². The van der Waals surface area contributed by atoms with Crippen LogP contribution < -0.4 is 0 Å². The van der Waals surface area contributed by atoms with Crippen LogP contribution in [0.3, 0.4) is 0 Å². The van der Waals surface area contributed by atoms with Crippen LogP contribution in [-0.4, -0.2) is 103 Å². The van der Waals surface area contributed by atoms with E-state index in [-0.39, 0.29) is 0 Å². The van der Waals surface area contributed by atoms with E-state index in [0.717, 1.165) is 54.8 Å². The van der Waals surface area contributed by atoms with Gasteiger partial charge in [-0.15, -0.1) is 0 Å². The third-order valence-corrected chi connectivity index (χ3v) is 4.66. The van der Waals surface area contributed by atoms with Gasteiger partial charge in [-0.25, -0.2) is 4.79 Å². The molecular formula is C22H28N2O13. The first-order chi connectivity index (χ1) is 17.1. The van der Waals surface area contributed by atoms with Gasteiger partial charge in [-0.2, -0.15) is 0 Å². The summed E-state index contributed by atoms with van der Waals surface area (Å²) in [6, 6.07) is -0.929. The van der Waals surface area contributed by atoms with E-state index in [4.69, 9.17) is 23.7 Å². The molecule has 0 aliphatic carbocycles. The van der Waals surface area contributed by atoms with Gasteiger partial charge in [-0.3, -0.25) is 43.4 Å². The van der Waals surface area contributed by atoms with E-state index >= 15 is 0 Å². The molecule has 15 heteroatoms. The summed E-state index contributed by atoms with van der Waals surface area (Å²) in [5.74, 6) is -6.75. The summed E-state index contributed by atoms with van der Waals surface area (Å²) >= 11 is 0. The van der Waals surface area contributed by atoms with Crippen LogP contribution in [0.1, 0.15) is 34.6 Å². The molecule has 0 unspecified atom stereocenters. The Morgan fingerprint density at radius 3 is 1.51 bits per heavy atom. The quantitative estimate of drug-likeness (QED) is 0.149. The van der Waals surface area contributed by atoms with E-state index in [2.05, 4.69) is 0 Å². The molecular weight excluding hydrogens is 500 g/mol. The Morgan fingerprint density at radius 2 is 1.11 bits per heavy atom. The summed E-state index contributed by atoms with van der Waals surface area (Å²) in [5, 5.41) is 0. The van der Waals surface area contributed by atoms with Gasteiger partial charge in [0.2, 0.25) is 0 Å². The van der Waals surface area contributed by atoms with E-state index in [1.807, 2.05) is 0 Å². The summed E-state index contributed by atoms with van der Waals surface area (Å²) in [6.45, 7) is 4.27. The number of imide groups is 2. The number of urea groups is 1. The molecule has 0 bridgehead atoms. The van der Waals surface area contributed by atoms with Crippen molar-refractivity contribution in [2.45, 2.75) is 59.0 Å². The summed E-state index contributed by atoms with van der Waals surface area (Å²) in [6.07, 6.45) is -6.16. The van der Waals surface area contributed by atoms with E-state index in [1.54, 1.807) is 0 Å². The van der Waals surface area contributed by atoms with Crippen LogP contribution in [-0.2, 0) is 57.2 Å². The number of ether oxygens (including phenoxy) is 5. The monoisotopic (exact) mass is 528 g/mol. The van der Waals surface area contributed by atoms with Gasteiger partial charge in [-0.1, -0.05) is 0 Å². The first-order valence-corrected chi connectivity index (χ1v) is 10.7. The molecule has 204 valence electrons. The Hall–Kier alpha value is -4.30. The Labute approximate surface area is 211 Å². The minimum absolute atomic E-state index is 0.616. The van der Waals surface area contributed by atoms with Crippen LogP contribution >= 0.6 is 0 Å². The molecule has 37 heavy (non-hydrogen) atoms. The maximum absolute atomic E-state index is 12.7. The number of amides is 4. The SMILES string of the molecule is CC(=O)OC[C@@H](OC(C)=O)[C@H](OC(C)=O)[C@@H](OC(C)=O)[C@H](C=C1C(=O)N(C)C(=O)N(C)C1=O)OC(C)=O. The van der Waals surface area contributed by atoms with E-state index in [0.29, 0.717) is 9.80 Å². The van der Waals surface area contributed by atoms with Gasteiger partial charge in [-0.05, 0) is 6.08 Å². The van der Waals surface area contributed by atoms with Crippen LogP contribution in [0.15, 0.2) is 11.6 Å². The Kier molecular flexibility index (Phi) is 10.9. The smallest absolute Gasteiger partial charge is 0.333 e. The predicted octanol–water partition coefficient (Wildman–Crippen LogP) is -0.747. The molecule has 4 amide bonds. The number of carbonyl (C=O) groups excluding carboxylic acids is 8. The topological polar surface area (TPSA) is 189 Å². The maximum Gasteiger partial charge on any atom is 0.333 e. The normalized spacial score (nSPS) is 16.7. The fraction of sp³-hybridized carbons (Fsp3) is 0.545. The lowest BCUT2D eigenvalue weighted by atomic mass is 9.98. The average molecular weight is 528 g/mol. The minimum atomic E-state index is -1.83. The molecule has 1 rings (SSSR count). The van der Waals surface area contributed by atoms with Crippen molar-refractivity contribution in [1.82, 2.24) is 9.80 Å². The third kappa shape index (κ3) is 8.70. The van der Waals surface area contributed by atoms with Gasteiger partial charge in [0.15, 0.2) is 24.4 Å². The van der Waals surface area contributed by atoms with E-state index in [9.17, 15) is 38.4 Å². The first-order valence-electron chi connectivity index (χ1n) is 10.7. The van der Waals surface area contributed by atoms with Crippen molar-refractivity contribution in [2.24, 2.45) is 0 Å². The molecule has 0 N–H and O–H groups in total. The minimum Gasteiger partial charge on any atom is -0.462 e. The van der Waals surface area contributed by atoms with Gasteiger partial charge in [0, 0.05) is 48.7 Å². The number of carbonyl (C=O) groups is 8. The van der Waals surface area contributed by atoms with Crippen molar-refractivity contribution in [3.63, 3.8) is 0 Å². The van der Waals surface area contributed by atoms with Crippen LogP contribution in [0, 0.1) is 0 Å². The lowest BCUT2D eigenvalue weighted by molar-refractivity contribution is -0.199. The molecule has 4 atom stereocenters. The van der Waals surface area contributed by atoms with Gasteiger partial charge >= 0.3 is 35.9 Å². The molecule has 1 aliphatic heterocycles. The van der Waals surface area contributed by atoms with Crippen molar-refractivity contribution in [3.05, 3.63) is 11.6 Å². The molecule has 0 aromatic heterocycles. The Balaban J connectivity index is 3.76. The largest absolute Gasteiger partial charge is 0.462 e. The highest BCUT2D eigenvalue weighted by molar-refractivity contribution is 6.28. The molecule has 0 saturated carbocycles. The predicted molar refractivity (Wildman–Crippen MR) is 118 cm³/mol. The molecule has 15 nitrogen and oxygen atoms in total. The molecule has 1 aliphatic rings. The summed E-state index contributed by atoms with van der Waals surface area (Å²) in [7, 11) is 2.20. The fourth-order valence-corrected chi connectivity index (χ4v) is 3.21. The second-order valence-electron chi connectivity index (χ2n) is 7.76. The van der Waals surface area contributed by atoms with E-state index in [1.165, 1.54) is 0 Å². The van der Waals surface area contributed by atoms with Crippen molar-refractivity contribution in [3.8, 4) is 0 Å². The maximum atomic E-state index is 12.7. The number of barbiturate groups is 1. The third-order valence-electron chi connectivity index (χ3n) is 4.66. The Morgan fingerprint density at radius 1 is 0.676 bits per heavy atom. The first kappa shape index (κ1) is 30.7. The zero-order chi connectivity index (χ0) is 28.6. The lowest BCUT2D eigenvalue weighted by Gasteiger charge is -2.35. The number of hydrogen-bond donors (Lipinski definition) is 0.